The minimum Gasteiger partial charge on any atom is -0.375 e. The largest absolute Gasteiger partial charge is 0.375 e. The molecule has 1 aromatic heterocycles. The SMILES string of the molecule is CCOCc1nc(C(C)(N)CC)cs1. The van der Waals surface area contributed by atoms with Gasteiger partial charge in [-0.05, 0) is 20.3 Å². The average Bonchev–Trinajstić information content (AvgIpc) is 2.63. The van der Waals surface area contributed by atoms with E-state index in [-0.39, 0.29) is 5.54 Å². The van der Waals surface area contributed by atoms with Gasteiger partial charge in [0.1, 0.15) is 5.01 Å². The summed E-state index contributed by atoms with van der Waals surface area (Å²) in [6.45, 7) is 7.38. The van der Waals surface area contributed by atoms with Gasteiger partial charge in [-0.3, -0.25) is 0 Å². The molecular formula is C10H18N2OS. The van der Waals surface area contributed by atoms with Crippen LogP contribution in [0.5, 0.6) is 0 Å². The van der Waals surface area contributed by atoms with Crippen LogP contribution in [0, 0.1) is 0 Å². The molecule has 0 saturated carbocycles. The smallest absolute Gasteiger partial charge is 0.119 e. The molecule has 0 saturated heterocycles. The van der Waals surface area contributed by atoms with Crippen molar-refractivity contribution < 1.29 is 4.74 Å². The number of hydrogen-bond acceptors (Lipinski definition) is 4. The Morgan fingerprint density at radius 3 is 2.86 bits per heavy atom. The highest BCUT2D eigenvalue weighted by molar-refractivity contribution is 7.09. The number of ether oxygens (including phenoxy) is 1. The lowest BCUT2D eigenvalue weighted by molar-refractivity contribution is 0.133. The van der Waals surface area contributed by atoms with Crippen molar-refractivity contribution in [3.05, 3.63) is 16.1 Å². The summed E-state index contributed by atoms with van der Waals surface area (Å²) in [5.41, 5.74) is 6.75. The number of nitrogens with zero attached hydrogens (tertiary/aromatic N) is 1. The standard InChI is InChI=1S/C10H18N2OS/c1-4-10(3,11)8-7-14-9(12-8)6-13-5-2/h7H,4-6,11H2,1-3H3. The number of rotatable bonds is 5. The van der Waals surface area contributed by atoms with Crippen molar-refractivity contribution in [1.29, 1.82) is 0 Å². The van der Waals surface area contributed by atoms with E-state index in [0.717, 1.165) is 23.7 Å². The minimum absolute atomic E-state index is 0.305. The van der Waals surface area contributed by atoms with Crippen molar-refractivity contribution >= 4 is 11.3 Å². The molecule has 1 heterocycles. The molecule has 0 aliphatic carbocycles. The molecule has 1 atom stereocenters. The van der Waals surface area contributed by atoms with Crippen LogP contribution in [0.25, 0.3) is 0 Å². The predicted octanol–water partition coefficient (Wildman–Crippen LogP) is 2.26. The first-order valence-corrected chi connectivity index (χ1v) is 5.79. The summed E-state index contributed by atoms with van der Waals surface area (Å²) < 4.78 is 5.29. The van der Waals surface area contributed by atoms with Gasteiger partial charge in [0.25, 0.3) is 0 Å². The molecule has 0 aliphatic rings. The van der Waals surface area contributed by atoms with E-state index >= 15 is 0 Å². The van der Waals surface area contributed by atoms with E-state index in [2.05, 4.69) is 11.9 Å². The molecule has 0 aliphatic heterocycles. The van der Waals surface area contributed by atoms with Crippen molar-refractivity contribution in [3.63, 3.8) is 0 Å². The molecule has 0 amide bonds. The Kier molecular flexibility index (Phi) is 4.04. The summed E-state index contributed by atoms with van der Waals surface area (Å²) in [6, 6.07) is 0. The molecule has 1 rings (SSSR count). The summed E-state index contributed by atoms with van der Waals surface area (Å²) in [7, 11) is 0. The van der Waals surface area contributed by atoms with Crippen LogP contribution in [-0.2, 0) is 16.9 Å². The summed E-state index contributed by atoms with van der Waals surface area (Å²) in [6.07, 6.45) is 0.894. The van der Waals surface area contributed by atoms with Gasteiger partial charge in [0, 0.05) is 12.0 Å². The first kappa shape index (κ1) is 11.6. The van der Waals surface area contributed by atoms with Gasteiger partial charge >= 0.3 is 0 Å². The van der Waals surface area contributed by atoms with E-state index in [1.54, 1.807) is 11.3 Å². The number of thiazole rings is 1. The number of hydrogen-bond donors (Lipinski definition) is 1. The van der Waals surface area contributed by atoms with Crippen molar-refractivity contribution in [2.75, 3.05) is 6.61 Å². The minimum atomic E-state index is -0.305. The Morgan fingerprint density at radius 2 is 2.29 bits per heavy atom. The molecule has 80 valence electrons. The molecule has 1 unspecified atom stereocenters. The fraction of sp³-hybridized carbons (Fsp3) is 0.700. The maximum absolute atomic E-state index is 6.08. The third kappa shape index (κ3) is 2.77. The van der Waals surface area contributed by atoms with Crippen LogP contribution < -0.4 is 5.73 Å². The molecule has 0 spiro atoms. The van der Waals surface area contributed by atoms with Crippen LogP contribution in [-0.4, -0.2) is 11.6 Å². The van der Waals surface area contributed by atoms with Crippen LogP contribution in [0.1, 0.15) is 37.9 Å². The monoisotopic (exact) mass is 214 g/mol. The van der Waals surface area contributed by atoms with Crippen LogP contribution in [0.3, 0.4) is 0 Å². The zero-order valence-corrected chi connectivity index (χ0v) is 9.86. The second-order valence-corrected chi connectivity index (χ2v) is 4.48. The van der Waals surface area contributed by atoms with E-state index in [1.807, 2.05) is 19.2 Å². The lowest BCUT2D eigenvalue weighted by atomic mass is 9.97. The maximum atomic E-state index is 6.08. The summed E-state index contributed by atoms with van der Waals surface area (Å²) >= 11 is 1.62. The van der Waals surface area contributed by atoms with E-state index in [4.69, 9.17) is 10.5 Å². The van der Waals surface area contributed by atoms with Gasteiger partial charge in [-0.2, -0.15) is 0 Å². The first-order chi connectivity index (χ1) is 6.60. The molecule has 0 bridgehead atoms. The van der Waals surface area contributed by atoms with Crippen molar-refractivity contribution in [1.82, 2.24) is 4.98 Å². The van der Waals surface area contributed by atoms with Crippen LogP contribution in [0.15, 0.2) is 5.38 Å². The molecule has 2 N–H and O–H groups in total. The van der Waals surface area contributed by atoms with E-state index in [0.29, 0.717) is 6.61 Å². The van der Waals surface area contributed by atoms with E-state index in [1.165, 1.54) is 0 Å². The van der Waals surface area contributed by atoms with Gasteiger partial charge in [-0.25, -0.2) is 4.98 Å². The van der Waals surface area contributed by atoms with Crippen molar-refractivity contribution in [3.8, 4) is 0 Å². The number of aromatic nitrogens is 1. The quantitative estimate of drug-likeness (QED) is 0.818. The molecule has 0 radical (unpaired) electrons. The highest BCUT2D eigenvalue weighted by Gasteiger charge is 2.21. The first-order valence-electron chi connectivity index (χ1n) is 4.91. The van der Waals surface area contributed by atoms with Gasteiger partial charge in [-0.1, -0.05) is 6.92 Å². The second kappa shape index (κ2) is 4.87. The average molecular weight is 214 g/mol. The Hall–Kier alpha value is -0.450. The molecule has 0 fully saturated rings. The Labute approximate surface area is 89.3 Å². The Morgan fingerprint density at radius 1 is 1.57 bits per heavy atom. The van der Waals surface area contributed by atoms with Crippen molar-refractivity contribution in [2.24, 2.45) is 5.73 Å². The second-order valence-electron chi connectivity index (χ2n) is 3.53. The topological polar surface area (TPSA) is 48.1 Å². The Balaban J connectivity index is 2.67. The lowest BCUT2D eigenvalue weighted by Crippen LogP contribution is -2.32. The van der Waals surface area contributed by atoms with Crippen LogP contribution >= 0.6 is 11.3 Å². The fourth-order valence-electron chi connectivity index (χ4n) is 1.01. The van der Waals surface area contributed by atoms with Gasteiger partial charge in [0.05, 0.1) is 17.8 Å². The molecule has 0 aromatic carbocycles. The van der Waals surface area contributed by atoms with Gasteiger partial charge < -0.3 is 10.5 Å². The fourth-order valence-corrected chi connectivity index (χ4v) is 1.88. The van der Waals surface area contributed by atoms with Crippen LogP contribution in [0.4, 0.5) is 0 Å². The summed E-state index contributed by atoms with van der Waals surface area (Å²) in [5.74, 6) is 0. The van der Waals surface area contributed by atoms with E-state index in [9.17, 15) is 0 Å². The molecule has 14 heavy (non-hydrogen) atoms. The Bertz CT molecular complexity index is 283. The summed E-state index contributed by atoms with van der Waals surface area (Å²) in [5, 5.41) is 3.03. The molecule has 3 nitrogen and oxygen atoms in total. The summed E-state index contributed by atoms with van der Waals surface area (Å²) in [4.78, 5) is 4.46. The van der Waals surface area contributed by atoms with Gasteiger partial charge in [0.2, 0.25) is 0 Å². The third-order valence-electron chi connectivity index (χ3n) is 2.30. The molecule has 4 heteroatoms. The number of nitrogens with two attached hydrogens (primary N) is 1. The molecular weight excluding hydrogens is 196 g/mol. The van der Waals surface area contributed by atoms with E-state index < -0.39 is 0 Å². The zero-order valence-electron chi connectivity index (χ0n) is 9.04. The van der Waals surface area contributed by atoms with Gasteiger partial charge in [0.15, 0.2) is 0 Å². The molecule has 1 aromatic rings. The highest BCUT2D eigenvalue weighted by Crippen LogP contribution is 2.23. The zero-order chi connectivity index (χ0) is 10.6. The third-order valence-corrected chi connectivity index (χ3v) is 3.12. The maximum Gasteiger partial charge on any atom is 0.119 e. The normalized spacial score (nSPS) is 15.4. The lowest BCUT2D eigenvalue weighted by Gasteiger charge is -2.19. The van der Waals surface area contributed by atoms with Crippen LogP contribution in [0.2, 0.25) is 0 Å². The highest BCUT2D eigenvalue weighted by atomic mass is 32.1. The predicted molar refractivity (Wildman–Crippen MR) is 59.3 cm³/mol. The van der Waals surface area contributed by atoms with Crippen molar-refractivity contribution in [2.45, 2.75) is 39.3 Å². The van der Waals surface area contributed by atoms with Gasteiger partial charge in [-0.15, -0.1) is 11.3 Å².